The number of aromatic nitrogens is 1. The average molecular weight is 276 g/mol. The maximum absolute atomic E-state index is 5.12. The zero-order valence-corrected chi connectivity index (χ0v) is 10.8. The third-order valence-electron chi connectivity index (χ3n) is 2.96. The van der Waals surface area contributed by atoms with Crippen LogP contribution < -0.4 is 4.74 Å². The minimum absolute atomic E-state index is 0.251. The van der Waals surface area contributed by atoms with E-state index in [1.807, 2.05) is 0 Å². The molecule has 0 saturated heterocycles. The molecule has 4 heteroatoms. The fourth-order valence-corrected chi connectivity index (χ4v) is 3.77. The first kappa shape index (κ1) is 10.4. The van der Waals surface area contributed by atoms with Crippen LogP contribution in [0.1, 0.15) is 31.9 Å². The van der Waals surface area contributed by atoms with Crippen molar-refractivity contribution in [3.05, 3.63) is 11.1 Å². The number of halogens is 1. The maximum atomic E-state index is 5.12. The quantitative estimate of drug-likeness (QED) is 0.773. The second kappa shape index (κ2) is 3.81. The van der Waals surface area contributed by atoms with E-state index >= 15 is 0 Å². The highest BCUT2D eigenvalue weighted by Gasteiger charge is 2.37. The number of thiazole rings is 1. The average Bonchev–Trinajstić information content (AvgIpc) is 2.73. The van der Waals surface area contributed by atoms with Crippen LogP contribution in [-0.4, -0.2) is 16.9 Å². The van der Waals surface area contributed by atoms with Gasteiger partial charge in [0.1, 0.15) is 0 Å². The van der Waals surface area contributed by atoms with Crippen molar-refractivity contribution in [2.75, 3.05) is 7.11 Å². The second-order valence-corrected chi connectivity index (χ2v) is 6.22. The summed E-state index contributed by atoms with van der Waals surface area (Å²) < 4.78 is 5.12. The molecule has 0 aromatic carbocycles. The fraction of sp³-hybridized carbons (Fsp3) is 0.700. The Hall–Kier alpha value is -0.0900. The highest BCUT2D eigenvalue weighted by atomic mass is 79.9. The van der Waals surface area contributed by atoms with E-state index in [-0.39, 0.29) is 5.41 Å². The lowest BCUT2D eigenvalue weighted by Gasteiger charge is -2.20. The number of alkyl halides is 1. The number of nitrogens with zero attached hydrogens (tertiary/aromatic N) is 1. The van der Waals surface area contributed by atoms with E-state index in [0.717, 1.165) is 5.19 Å². The van der Waals surface area contributed by atoms with Crippen molar-refractivity contribution in [2.24, 2.45) is 0 Å². The molecule has 2 unspecified atom stereocenters. The number of methoxy groups -OCH3 is 1. The van der Waals surface area contributed by atoms with Crippen molar-refractivity contribution in [1.29, 1.82) is 0 Å². The molecule has 0 radical (unpaired) electrons. The van der Waals surface area contributed by atoms with Crippen molar-refractivity contribution < 1.29 is 4.74 Å². The van der Waals surface area contributed by atoms with Gasteiger partial charge in [-0.25, -0.2) is 4.98 Å². The van der Waals surface area contributed by atoms with Gasteiger partial charge in [0.05, 0.1) is 12.8 Å². The Labute approximate surface area is 96.8 Å². The SMILES string of the molecule is COc1nc(C2(C)CCC(Br)C2)cs1. The Morgan fingerprint density at radius 3 is 3.00 bits per heavy atom. The summed E-state index contributed by atoms with van der Waals surface area (Å²) in [6, 6.07) is 0. The van der Waals surface area contributed by atoms with Crippen LogP contribution in [0.5, 0.6) is 5.19 Å². The number of rotatable bonds is 2. The first-order valence-electron chi connectivity index (χ1n) is 4.78. The summed E-state index contributed by atoms with van der Waals surface area (Å²) in [5.74, 6) is 0. The van der Waals surface area contributed by atoms with Crippen LogP contribution in [0.15, 0.2) is 5.38 Å². The van der Waals surface area contributed by atoms with E-state index < -0.39 is 0 Å². The van der Waals surface area contributed by atoms with Crippen molar-refractivity contribution in [3.63, 3.8) is 0 Å². The minimum Gasteiger partial charge on any atom is -0.473 e. The number of hydrogen-bond donors (Lipinski definition) is 0. The van der Waals surface area contributed by atoms with Crippen LogP contribution >= 0.6 is 27.3 Å². The summed E-state index contributed by atoms with van der Waals surface area (Å²) >= 11 is 5.27. The van der Waals surface area contributed by atoms with Gasteiger partial charge in [0.25, 0.3) is 5.19 Å². The molecule has 1 saturated carbocycles. The largest absolute Gasteiger partial charge is 0.473 e. The third kappa shape index (κ3) is 1.82. The molecule has 14 heavy (non-hydrogen) atoms. The molecule has 2 atom stereocenters. The number of ether oxygens (including phenoxy) is 1. The van der Waals surface area contributed by atoms with E-state index in [1.165, 1.54) is 25.0 Å². The predicted octanol–water partition coefficient (Wildman–Crippen LogP) is 3.36. The van der Waals surface area contributed by atoms with Crippen LogP contribution in [0.3, 0.4) is 0 Å². The lowest BCUT2D eigenvalue weighted by molar-refractivity contribution is 0.403. The molecule has 0 amide bonds. The van der Waals surface area contributed by atoms with Crippen molar-refractivity contribution >= 4 is 27.3 Å². The van der Waals surface area contributed by atoms with Gasteiger partial charge in [-0.1, -0.05) is 34.2 Å². The predicted molar refractivity (Wildman–Crippen MR) is 62.6 cm³/mol. The van der Waals surface area contributed by atoms with Gasteiger partial charge in [0.2, 0.25) is 0 Å². The van der Waals surface area contributed by atoms with Gasteiger partial charge in [-0.3, -0.25) is 0 Å². The first-order chi connectivity index (χ1) is 6.64. The second-order valence-electron chi connectivity index (χ2n) is 4.10. The number of hydrogen-bond acceptors (Lipinski definition) is 3. The molecule has 1 aliphatic rings. The molecule has 1 heterocycles. The molecule has 0 N–H and O–H groups in total. The summed E-state index contributed by atoms with van der Waals surface area (Å²) in [6.45, 7) is 2.29. The lowest BCUT2D eigenvalue weighted by atomic mass is 9.86. The molecule has 0 spiro atoms. The van der Waals surface area contributed by atoms with Crippen molar-refractivity contribution in [1.82, 2.24) is 4.98 Å². The van der Waals surface area contributed by atoms with Gasteiger partial charge < -0.3 is 4.74 Å². The Kier molecular flexibility index (Phi) is 2.84. The Morgan fingerprint density at radius 1 is 1.71 bits per heavy atom. The van der Waals surface area contributed by atoms with E-state index in [1.54, 1.807) is 18.4 Å². The van der Waals surface area contributed by atoms with Gasteiger partial charge in [-0.05, 0) is 19.3 Å². The summed E-state index contributed by atoms with van der Waals surface area (Å²) in [4.78, 5) is 5.15. The standard InChI is InChI=1S/C10H14BrNOS/c1-10(4-3-7(11)5-10)8-6-14-9(12-8)13-2/h6-7H,3-5H2,1-2H3. The lowest BCUT2D eigenvalue weighted by Crippen LogP contribution is -2.18. The maximum Gasteiger partial charge on any atom is 0.273 e. The molecular weight excluding hydrogens is 262 g/mol. The van der Waals surface area contributed by atoms with Crippen molar-refractivity contribution in [2.45, 2.75) is 36.4 Å². The molecular formula is C10H14BrNOS. The van der Waals surface area contributed by atoms with Gasteiger partial charge in [0, 0.05) is 15.6 Å². The van der Waals surface area contributed by atoms with Gasteiger partial charge in [-0.2, -0.15) is 0 Å². The summed E-state index contributed by atoms with van der Waals surface area (Å²) in [7, 11) is 1.67. The highest BCUT2D eigenvalue weighted by Crippen LogP contribution is 2.44. The van der Waals surface area contributed by atoms with E-state index in [9.17, 15) is 0 Å². The highest BCUT2D eigenvalue weighted by molar-refractivity contribution is 9.09. The molecule has 0 aliphatic heterocycles. The molecule has 1 aromatic heterocycles. The molecule has 2 nitrogen and oxygen atoms in total. The fourth-order valence-electron chi connectivity index (χ4n) is 2.03. The molecule has 0 bridgehead atoms. The van der Waals surface area contributed by atoms with Crippen LogP contribution in [0, 0.1) is 0 Å². The van der Waals surface area contributed by atoms with Gasteiger partial charge in [0.15, 0.2) is 0 Å². The zero-order valence-electron chi connectivity index (χ0n) is 8.42. The normalized spacial score (nSPS) is 32.1. The molecule has 1 fully saturated rings. The summed E-state index contributed by atoms with van der Waals surface area (Å²) in [5.41, 5.74) is 1.45. The molecule has 1 aliphatic carbocycles. The molecule has 78 valence electrons. The Balaban J connectivity index is 2.21. The van der Waals surface area contributed by atoms with Crippen molar-refractivity contribution in [3.8, 4) is 5.19 Å². The topological polar surface area (TPSA) is 22.1 Å². The van der Waals surface area contributed by atoms with E-state index in [0.29, 0.717) is 4.83 Å². The summed E-state index contributed by atoms with van der Waals surface area (Å²) in [5, 5.41) is 2.91. The van der Waals surface area contributed by atoms with Gasteiger partial charge >= 0.3 is 0 Å². The van der Waals surface area contributed by atoms with Crippen LogP contribution in [0.4, 0.5) is 0 Å². The van der Waals surface area contributed by atoms with E-state index in [4.69, 9.17) is 4.74 Å². The smallest absolute Gasteiger partial charge is 0.273 e. The molecule has 1 aromatic rings. The zero-order chi connectivity index (χ0) is 10.2. The molecule has 2 rings (SSSR count). The van der Waals surface area contributed by atoms with Crippen LogP contribution in [0.25, 0.3) is 0 Å². The first-order valence-corrected chi connectivity index (χ1v) is 6.58. The van der Waals surface area contributed by atoms with Gasteiger partial charge in [-0.15, -0.1) is 0 Å². The van der Waals surface area contributed by atoms with E-state index in [2.05, 4.69) is 33.2 Å². The minimum atomic E-state index is 0.251. The van der Waals surface area contributed by atoms with Crippen LogP contribution in [0.2, 0.25) is 0 Å². The third-order valence-corrected chi connectivity index (χ3v) is 4.54. The monoisotopic (exact) mass is 275 g/mol. The Bertz CT molecular complexity index is 328. The van der Waals surface area contributed by atoms with Crippen LogP contribution in [-0.2, 0) is 5.41 Å². The Morgan fingerprint density at radius 2 is 2.50 bits per heavy atom. The summed E-state index contributed by atoms with van der Waals surface area (Å²) in [6.07, 6.45) is 3.64.